The van der Waals surface area contributed by atoms with Crippen molar-refractivity contribution in [3.05, 3.63) is 24.3 Å². The Kier molecular flexibility index (Phi) is 40.1. The van der Waals surface area contributed by atoms with Crippen molar-refractivity contribution < 1.29 is 38.5 Å². The number of rotatable bonds is 44. The number of carboxylic acid groups (broad SMARTS) is 1. The molecule has 1 N–H and O–H groups in total. The number of carboxylic acids is 1. The van der Waals surface area contributed by atoms with Gasteiger partial charge in [0, 0.05) is 6.42 Å². The lowest BCUT2D eigenvalue weighted by Gasteiger charge is -2.26. The third-order valence-corrected chi connectivity index (χ3v) is 10.4. The molecule has 0 bridgehead atoms. The average Bonchev–Trinajstić information content (AvgIpc) is 3.16. The van der Waals surface area contributed by atoms with E-state index in [9.17, 15) is 19.8 Å². The Morgan fingerprint density at radius 1 is 0.554 bits per heavy atom. The number of ether oxygens (including phenoxy) is 3. The second kappa shape index (κ2) is 41.4. The Hall–Kier alpha value is -1.74. The van der Waals surface area contributed by atoms with Gasteiger partial charge in [-0.3, -0.25) is 4.79 Å². The van der Waals surface area contributed by atoms with Crippen molar-refractivity contribution in [2.24, 2.45) is 0 Å². The standard InChI is InChI=1S/C48H91NO7/c1-5-6-7-8-9-10-11-12-13-14-15-16-17-18-19-20-21-22-23-24-25-26-27-28-29-30-31-32-33-34-35-36-37-38-39-40-46(51)55-43-45(50)44-56-48(47(52)53)54-42-41-49(2,3)4/h11-12,14-15,45,48,50H,5-10,13,16-44H2,1-4H3/b12-11-,15-14-. The maximum absolute atomic E-state index is 12.0. The summed E-state index contributed by atoms with van der Waals surface area (Å²) in [6.45, 7) is 2.47. The molecular formula is C48H91NO7. The number of unbranched alkanes of at least 4 members (excludes halogenated alkanes) is 28. The summed E-state index contributed by atoms with van der Waals surface area (Å²) in [5, 5.41) is 21.2. The van der Waals surface area contributed by atoms with Gasteiger partial charge in [0.05, 0.1) is 40.3 Å². The third-order valence-electron chi connectivity index (χ3n) is 10.4. The molecule has 0 aromatic rings. The number of likely N-dealkylation sites (N-methyl/N-ethyl adjacent to an activating group) is 1. The van der Waals surface area contributed by atoms with Crippen LogP contribution in [0.5, 0.6) is 0 Å². The Morgan fingerprint density at radius 2 is 0.946 bits per heavy atom. The summed E-state index contributed by atoms with van der Waals surface area (Å²) in [5.41, 5.74) is 0. The molecule has 0 heterocycles. The van der Waals surface area contributed by atoms with Crippen LogP contribution in [-0.4, -0.2) is 81.4 Å². The van der Waals surface area contributed by atoms with Crippen LogP contribution in [0.4, 0.5) is 0 Å². The highest BCUT2D eigenvalue weighted by Crippen LogP contribution is 2.16. The molecule has 56 heavy (non-hydrogen) atoms. The summed E-state index contributed by atoms with van der Waals surface area (Å²) in [6, 6.07) is 0. The fraction of sp³-hybridized carbons (Fsp3) is 0.875. The van der Waals surface area contributed by atoms with Crippen molar-refractivity contribution in [1.29, 1.82) is 0 Å². The molecule has 0 aromatic carbocycles. The highest BCUT2D eigenvalue weighted by molar-refractivity contribution is 5.69. The SMILES string of the molecule is CCCCCCC/C=C\C/C=C\CCCCCCCCCCCCCCCCCCCCCCCCCC(=O)OCC(O)COC(OCC[N+](C)(C)C)C(=O)[O-]. The zero-order valence-electron chi connectivity index (χ0n) is 37.3. The van der Waals surface area contributed by atoms with Gasteiger partial charge in [-0.2, -0.15) is 0 Å². The molecule has 0 rings (SSSR count). The van der Waals surface area contributed by atoms with Crippen molar-refractivity contribution in [2.75, 3.05) is 47.5 Å². The van der Waals surface area contributed by atoms with E-state index in [0.29, 0.717) is 17.4 Å². The molecule has 8 heteroatoms. The van der Waals surface area contributed by atoms with E-state index in [1.54, 1.807) is 0 Å². The van der Waals surface area contributed by atoms with Gasteiger partial charge in [0.15, 0.2) is 6.29 Å². The number of nitrogens with zero attached hydrogens (tertiary/aromatic N) is 1. The second-order valence-electron chi connectivity index (χ2n) is 17.3. The Labute approximate surface area is 346 Å². The largest absolute Gasteiger partial charge is 0.545 e. The van der Waals surface area contributed by atoms with Gasteiger partial charge in [-0.05, 0) is 38.5 Å². The van der Waals surface area contributed by atoms with Crippen LogP contribution in [0, 0.1) is 0 Å². The first-order chi connectivity index (χ1) is 27.2. The van der Waals surface area contributed by atoms with Crippen LogP contribution >= 0.6 is 0 Å². The number of allylic oxidation sites excluding steroid dienone is 4. The van der Waals surface area contributed by atoms with Gasteiger partial charge in [-0.25, -0.2) is 0 Å². The van der Waals surface area contributed by atoms with Gasteiger partial charge < -0.3 is 33.7 Å². The van der Waals surface area contributed by atoms with Gasteiger partial charge >= 0.3 is 5.97 Å². The maximum atomic E-state index is 12.0. The van der Waals surface area contributed by atoms with E-state index in [-0.39, 0.29) is 25.8 Å². The monoisotopic (exact) mass is 794 g/mol. The number of aliphatic carboxylic acids is 1. The minimum atomic E-state index is -1.57. The molecule has 0 fully saturated rings. The van der Waals surface area contributed by atoms with Crippen LogP contribution in [0.2, 0.25) is 0 Å². The van der Waals surface area contributed by atoms with Crippen LogP contribution in [0.3, 0.4) is 0 Å². The summed E-state index contributed by atoms with van der Waals surface area (Å²) in [4.78, 5) is 23.2. The van der Waals surface area contributed by atoms with Crippen LogP contribution in [0.25, 0.3) is 0 Å². The molecular weight excluding hydrogens is 703 g/mol. The topological polar surface area (TPSA) is 105 Å². The summed E-state index contributed by atoms with van der Waals surface area (Å²) in [7, 11) is 5.88. The van der Waals surface area contributed by atoms with E-state index in [2.05, 4.69) is 31.2 Å². The second-order valence-corrected chi connectivity index (χ2v) is 17.3. The minimum absolute atomic E-state index is 0.172. The minimum Gasteiger partial charge on any atom is -0.545 e. The molecule has 0 aliphatic carbocycles. The lowest BCUT2D eigenvalue weighted by Crippen LogP contribution is -2.44. The average molecular weight is 794 g/mol. The fourth-order valence-electron chi connectivity index (χ4n) is 6.74. The van der Waals surface area contributed by atoms with Gasteiger partial charge in [-0.1, -0.05) is 192 Å². The summed E-state index contributed by atoms with van der Waals surface area (Å²) < 4.78 is 16.0. The molecule has 2 atom stereocenters. The van der Waals surface area contributed by atoms with Crippen LogP contribution < -0.4 is 5.11 Å². The number of esters is 1. The Bertz CT molecular complexity index is 916. The number of aliphatic hydroxyl groups is 1. The summed E-state index contributed by atoms with van der Waals surface area (Å²) >= 11 is 0. The first kappa shape index (κ1) is 54.3. The lowest BCUT2D eigenvalue weighted by molar-refractivity contribution is -0.870. The molecule has 330 valence electrons. The van der Waals surface area contributed by atoms with Crippen LogP contribution in [0.15, 0.2) is 24.3 Å². The van der Waals surface area contributed by atoms with E-state index in [1.807, 2.05) is 21.1 Å². The first-order valence-electron chi connectivity index (χ1n) is 23.5. The molecule has 0 aliphatic rings. The van der Waals surface area contributed by atoms with E-state index < -0.39 is 18.4 Å². The molecule has 0 saturated carbocycles. The zero-order chi connectivity index (χ0) is 41.2. The van der Waals surface area contributed by atoms with Crippen LogP contribution in [0.1, 0.15) is 212 Å². The number of carbonyl (C=O) groups excluding carboxylic acids is 2. The Balaban J connectivity index is 3.36. The first-order valence-corrected chi connectivity index (χ1v) is 23.5. The highest BCUT2D eigenvalue weighted by atomic mass is 16.7. The predicted octanol–water partition coefficient (Wildman–Crippen LogP) is 11.3. The van der Waals surface area contributed by atoms with Gasteiger partial charge in [0.1, 0.15) is 19.3 Å². The zero-order valence-corrected chi connectivity index (χ0v) is 37.3. The van der Waals surface area contributed by atoms with E-state index >= 15 is 0 Å². The molecule has 2 unspecified atom stereocenters. The van der Waals surface area contributed by atoms with Gasteiger partial charge in [0.2, 0.25) is 0 Å². The lowest BCUT2D eigenvalue weighted by atomic mass is 10.0. The molecule has 0 aromatic heterocycles. The van der Waals surface area contributed by atoms with Crippen molar-refractivity contribution in [3.8, 4) is 0 Å². The van der Waals surface area contributed by atoms with E-state index in [0.717, 1.165) is 25.7 Å². The molecule has 0 aliphatic heterocycles. The normalized spacial score (nSPS) is 13.2. The van der Waals surface area contributed by atoms with Crippen molar-refractivity contribution >= 4 is 11.9 Å². The fourth-order valence-corrected chi connectivity index (χ4v) is 6.74. The number of quaternary nitrogens is 1. The Morgan fingerprint density at radius 3 is 1.34 bits per heavy atom. The van der Waals surface area contributed by atoms with Gasteiger partial charge in [-0.15, -0.1) is 0 Å². The number of carbonyl (C=O) groups is 2. The summed E-state index contributed by atoms with van der Waals surface area (Å²) in [5.74, 6) is -1.86. The van der Waals surface area contributed by atoms with Crippen molar-refractivity contribution in [1.82, 2.24) is 0 Å². The van der Waals surface area contributed by atoms with Gasteiger partial charge in [0.25, 0.3) is 0 Å². The number of hydrogen-bond acceptors (Lipinski definition) is 7. The third kappa shape index (κ3) is 43.4. The van der Waals surface area contributed by atoms with E-state index in [1.165, 1.54) is 173 Å². The summed E-state index contributed by atoms with van der Waals surface area (Å²) in [6.07, 6.45) is 48.0. The molecule has 0 amide bonds. The highest BCUT2D eigenvalue weighted by Gasteiger charge is 2.17. The van der Waals surface area contributed by atoms with Crippen LogP contribution in [-0.2, 0) is 23.8 Å². The maximum Gasteiger partial charge on any atom is 0.305 e. The van der Waals surface area contributed by atoms with E-state index in [4.69, 9.17) is 14.2 Å². The molecule has 0 radical (unpaired) electrons. The molecule has 0 saturated heterocycles. The number of hydrogen-bond donors (Lipinski definition) is 1. The number of aliphatic hydroxyl groups excluding tert-OH is 1. The molecule has 0 spiro atoms. The van der Waals surface area contributed by atoms with Crippen molar-refractivity contribution in [3.63, 3.8) is 0 Å². The quantitative estimate of drug-likeness (QED) is 0.0215. The van der Waals surface area contributed by atoms with Crippen molar-refractivity contribution in [2.45, 2.75) is 225 Å². The smallest absolute Gasteiger partial charge is 0.305 e. The molecule has 8 nitrogen and oxygen atoms in total. The predicted molar refractivity (Wildman–Crippen MR) is 232 cm³/mol.